The molecule has 0 bridgehead atoms. The SMILES string of the molecule is COc1ccc(C)cc1NS(=O)(=O)c1ccc(NC(=O)c2ccc([C@@H]3SCC(=O)N3Cc3ccco3)cc2)cc1. The minimum atomic E-state index is -3.88. The van der Waals surface area contributed by atoms with Crippen LogP contribution in [0.5, 0.6) is 5.75 Å². The molecule has 5 rings (SSSR count). The number of nitrogens with one attached hydrogen (secondary N) is 2. The Kier molecular flexibility index (Phi) is 7.85. The second-order valence-electron chi connectivity index (χ2n) is 9.17. The van der Waals surface area contributed by atoms with E-state index in [-0.39, 0.29) is 22.1 Å². The molecule has 206 valence electrons. The highest BCUT2D eigenvalue weighted by molar-refractivity contribution is 8.00. The highest BCUT2D eigenvalue weighted by Gasteiger charge is 2.33. The topological polar surface area (TPSA) is 118 Å². The molecule has 9 nitrogen and oxygen atoms in total. The third-order valence-electron chi connectivity index (χ3n) is 6.35. The summed E-state index contributed by atoms with van der Waals surface area (Å²) < 4.78 is 39.1. The van der Waals surface area contributed by atoms with Crippen molar-refractivity contribution in [3.8, 4) is 5.75 Å². The number of ether oxygens (including phenoxy) is 1. The molecule has 1 aromatic heterocycles. The quantitative estimate of drug-likeness (QED) is 0.273. The highest BCUT2D eigenvalue weighted by Crippen LogP contribution is 2.39. The molecule has 1 fully saturated rings. The molecule has 11 heteroatoms. The van der Waals surface area contributed by atoms with Crippen LogP contribution in [-0.2, 0) is 21.4 Å². The Labute approximate surface area is 236 Å². The Hall–Kier alpha value is -4.22. The van der Waals surface area contributed by atoms with E-state index < -0.39 is 10.0 Å². The second kappa shape index (κ2) is 11.5. The van der Waals surface area contributed by atoms with Crippen molar-refractivity contribution in [2.24, 2.45) is 0 Å². The van der Waals surface area contributed by atoms with Crippen LogP contribution in [0.2, 0.25) is 0 Å². The predicted octanol–water partition coefficient (Wildman–Crippen LogP) is 5.42. The molecular weight excluding hydrogens is 550 g/mol. The van der Waals surface area contributed by atoms with E-state index in [2.05, 4.69) is 10.0 Å². The molecule has 2 amide bonds. The summed E-state index contributed by atoms with van der Waals surface area (Å²) in [4.78, 5) is 27.1. The zero-order chi connectivity index (χ0) is 28.3. The van der Waals surface area contributed by atoms with Crippen molar-refractivity contribution in [1.29, 1.82) is 0 Å². The van der Waals surface area contributed by atoms with E-state index in [9.17, 15) is 18.0 Å². The summed E-state index contributed by atoms with van der Waals surface area (Å²) in [5.41, 5.74) is 3.01. The molecule has 0 unspecified atom stereocenters. The van der Waals surface area contributed by atoms with E-state index in [1.165, 1.54) is 43.1 Å². The maximum atomic E-state index is 12.9. The number of aryl methyl sites for hydroxylation is 1. The zero-order valence-electron chi connectivity index (χ0n) is 21.8. The lowest BCUT2D eigenvalue weighted by Gasteiger charge is -2.23. The van der Waals surface area contributed by atoms with Crippen molar-refractivity contribution in [1.82, 2.24) is 4.90 Å². The number of nitrogens with zero attached hydrogens (tertiary/aromatic N) is 1. The molecule has 0 saturated carbocycles. The van der Waals surface area contributed by atoms with Crippen molar-refractivity contribution >= 4 is 45.0 Å². The van der Waals surface area contributed by atoms with Gasteiger partial charge < -0.3 is 19.4 Å². The van der Waals surface area contributed by atoms with Gasteiger partial charge in [0.05, 0.1) is 36.3 Å². The van der Waals surface area contributed by atoms with Gasteiger partial charge >= 0.3 is 0 Å². The first-order valence-corrected chi connectivity index (χ1v) is 14.9. The predicted molar refractivity (Wildman–Crippen MR) is 154 cm³/mol. The Bertz CT molecular complexity index is 1620. The van der Waals surface area contributed by atoms with Crippen molar-refractivity contribution in [3.05, 3.63) is 108 Å². The Morgan fingerprint density at radius 3 is 2.50 bits per heavy atom. The van der Waals surface area contributed by atoms with Crippen LogP contribution >= 0.6 is 11.8 Å². The number of anilines is 2. The molecule has 4 aromatic rings. The van der Waals surface area contributed by atoms with Gasteiger partial charge in [-0.1, -0.05) is 18.2 Å². The van der Waals surface area contributed by atoms with Crippen LogP contribution in [-0.4, -0.2) is 38.0 Å². The lowest BCUT2D eigenvalue weighted by atomic mass is 10.1. The molecule has 2 heterocycles. The first-order valence-electron chi connectivity index (χ1n) is 12.4. The van der Waals surface area contributed by atoms with Crippen molar-refractivity contribution in [3.63, 3.8) is 0 Å². The summed E-state index contributed by atoms with van der Waals surface area (Å²) in [6.45, 7) is 2.24. The summed E-state index contributed by atoms with van der Waals surface area (Å²) >= 11 is 1.53. The maximum absolute atomic E-state index is 12.9. The number of hydrogen-bond donors (Lipinski definition) is 2. The van der Waals surface area contributed by atoms with Gasteiger partial charge in [0.1, 0.15) is 16.9 Å². The van der Waals surface area contributed by atoms with E-state index in [0.717, 1.165) is 11.1 Å². The number of hydrogen-bond acceptors (Lipinski definition) is 7. The van der Waals surface area contributed by atoms with Gasteiger partial charge in [-0.15, -0.1) is 11.8 Å². The summed E-state index contributed by atoms with van der Waals surface area (Å²) in [6.07, 6.45) is 1.58. The van der Waals surface area contributed by atoms with Crippen LogP contribution in [0.1, 0.15) is 32.6 Å². The zero-order valence-corrected chi connectivity index (χ0v) is 23.4. The van der Waals surface area contributed by atoms with Crippen molar-refractivity contribution in [2.45, 2.75) is 23.7 Å². The fraction of sp³-hybridized carbons (Fsp3) is 0.172. The van der Waals surface area contributed by atoms with Gasteiger partial charge in [0.15, 0.2) is 0 Å². The number of rotatable bonds is 9. The van der Waals surface area contributed by atoms with Gasteiger partial charge in [0, 0.05) is 11.3 Å². The van der Waals surface area contributed by atoms with Gasteiger partial charge in [-0.05, 0) is 78.7 Å². The molecule has 1 aliphatic heterocycles. The number of thioether (sulfide) groups is 1. The Balaban J connectivity index is 1.24. The van der Waals surface area contributed by atoms with Crippen LogP contribution in [0.15, 0.2) is 94.4 Å². The lowest BCUT2D eigenvalue weighted by molar-refractivity contribution is -0.128. The van der Waals surface area contributed by atoms with Gasteiger partial charge in [-0.3, -0.25) is 14.3 Å². The lowest BCUT2D eigenvalue weighted by Crippen LogP contribution is -2.27. The molecule has 2 N–H and O–H groups in total. The normalized spacial score (nSPS) is 15.2. The molecule has 0 spiro atoms. The molecule has 0 aliphatic carbocycles. The largest absolute Gasteiger partial charge is 0.495 e. The Morgan fingerprint density at radius 1 is 1.07 bits per heavy atom. The number of methoxy groups -OCH3 is 1. The molecule has 1 atom stereocenters. The minimum Gasteiger partial charge on any atom is -0.495 e. The van der Waals surface area contributed by atoms with Crippen molar-refractivity contribution < 1.29 is 27.2 Å². The van der Waals surface area contributed by atoms with Gasteiger partial charge in [-0.25, -0.2) is 8.42 Å². The van der Waals surface area contributed by atoms with Gasteiger partial charge in [0.25, 0.3) is 15.9 Å². The smallest absolute Gasteiger partial charge is 0.262 e. The van der Waals surface area contributed by atoms with E-state index in [4.69, 9.17) is 9.15 Å². The van der Waals surface area contributed by atoms with E-state index in [0.29, 0.717) is 40.7 Å². The van der Waals surface area contributed by atoms with Crippen LogP contribution in [0.4, 0.5) is 11.4 Å². The number of benzene rings is 3. The fourth-order valence-corrected chi connectivity index (χ4v) is 6.55. The standard InChI is InChI=1S/C29H27N3O6S2/c1-19-5-14-26(37-2)25(16-19)31-40(35,36)24-12-10-22(11-13-24)30-28(34)20-6-8-21(9-7-20)29-32(27(33)18-39-29)17-23-4-3-15-38-23/h3-16,29,31H,17-18H2,1-2H3,(H,30,34)/t29-/m0/s1. The second-order valence-corrected chi connectivity index (χ2v) is 11.9. The molecule has 40 heavy (non-hydrogen) atoms. The summed E-state index contributed by atoms with van der Waals surface area (Å²) in [5.74, 6) is 1.20. The first kappa shape index (κ1) is 27.4. The number of carbonyl (C=O) groups excluding carboxylic acids is 2. The monoisotopic (exact) mass is 577 g/mol. The van der Waals surface area contributed by atoms with Gasteiger partial charge in [-0.2, -0.15) is 0 Å². The molecular formula is C29H27N3O6S2. The number of sulfonamides is 1. The molecule has 1 saturated heterocycles. The highest BCUT2D eigenvalue weighted by atomic mass is 32.2. The number of furan rings is 1. The third kappa shape index (κ3) is 6.00. The third-order valence-corrected chi connectivity index (χ3v) is 8.99. The van der Waals surface area contributed by atoms with Crippen molar-refractivity contribution in [2.75, 3.05) is 22.9 Å². The average molecular weight is 578 g/mol. The Morgan fingerprint density at radius 2 is 1.82 bits per heavy atom. The number of carbonyl (C=O) groups is 2. The van der Waals surface area contributed by atoms with E-state index in [1.807, 2.05) is 31.2 Å². The van der Waals surface area contributed by atoms with Crippen LogP contribution < -0.4 is 14.8 Å². The van der Waals surface area contributed by atoms with Gasteiger partial charge in [0.2, 0.25) is 5.91 Å². The van der Waals surface area contributed by atoms with E-state index >= 15 is 0 Å². The minimum absolute atomic E-state index is 0.0342. The molecule has 0 radical (unpaired) electrons. The summed E-state index contributed by atoms with van der Waals surface area (Å²) in [7, 11) is -2.41. The van der Waals surface area contributed by atoms with Crippen LogP contribution in [0.25, 0.3) is 0 Å². The van der Waals surface area contributed by atoms with E-state index in [1.54, 1.807) is 41.5 Å². The average Bonchev–Trinajstić information content (AvgIpc) is 3.59. The maximum Gasteiger partial charge on any atom is 0.262 e. The van der Waals surface area contributed by atoms with Crippen LogP contribution in [0, 0.1) is 6.92 Å². The fourth-order valence-electron chi connectivity index (χ4n) is 4.30. The van der Waals surface area contributed by atoms with Crippen LogP contribution in [0.3, 0.4) is 0 Å². The molecule has 1 aliphatic rings. The first-order chi connectivity index (χ1) is 19.2. The summed E-state index contributed by atoms with van der Waals surface area (Å²) in [6, 6.07) is 21.8. The number of amides is 2. The molecule has 3 aromatic carbocycles. The summed E-state index contributed by atoms with van der Waals surface area (Å²) in [5, 5.41) is 2.62.